The molecule has 2 atom stereocenters. The van der Waals surface area contributed by atoms with E-state index >= 15 is 0 Å². The molecule has 2 unspecified atom stereocenters. The van der Waals surface area contributed by atoms with Crippen LogP contribution in [0.3, 0.4) is 0 Å². The predicted molar refractivity (Wildman–Crippen MR) is 102 cm³/mol. The van der Waals surface area contributed by atoms with E-state index in [1.807, 2.05) is 47.4 Å². The Labute approximate surface area is 159 Å². The van der Waals surface area contributed by atoms with Crippen LogP contribution < -0.4 is 14.8 Å². The first kappa shape index (κ1) is 17.7. The van der Waals surface area contributed by atoms with Crippen molar-refractivity contribution in [2.75, 3.05) is 32.7 Å². The summed E-state index contributed by atoms with van der Waals surface area (Å²) in [6.07, 6.45) is 1.79. The molecule has 2 aromatic rings. The highest BCUT2D eigenvalue weighted by atomic mass is 16.5. The van der Waals surface area contributed by atoms with Crippen LogP contribution in [0.4, 0.5) is 5.69 Å². The number of nitrogens with zero attached hydrogens (tertiary/aromatic N) is 1. The normalized spacial score (nSPS) is 21.6. The topological polar surface area (TPSA) is 60.0 Å². The van der Waals surface area contributed by atoms with Crippen LogP contribution >= 0.6 is 0 Å². The van der Waals surface area contributed by atoms with E-state index in [2.05, 4.69) is 5.32 Å². The summed E-state index contributed by atoms with van der Waals surface area (Å²) in [6, 6.07) is 13.4. The van der Waals surface area contributed by atoms with Crippen LogP contribution in [-0.4, -0.2) is 44.3 Å². The van der Waals surface area contributed by atoms with Gasteiger partial charge in [0.2, 0.25) is 0 Å². The maximum Gasteiger partial charge on any atom is 0.257 e. The molecule has 1 fully saturated rings. The van der Waals surface area contributed by atoms with Crippen molar-refractivity contribution in [2.24, 2.45) is 0 Å². The van der Waals surface area contributed by atoms with Gasteiger partial charge in [-0.15, -0.1) is 0 Å². The van der Waals surface area contributed by atoms with Gasteiger partial charge in [0.1, 0.15) is 6.17 Å². The van der Waals surface area contributed by atoms with Gasteiger partial charge in [-0.3, -0.25) is 4.79 Å². The molecule has 4 rings (SSSR count). The van der Waals surface area contributed by atoms with E-state index in [-0.39, 0.29) is 18.2 Å². The molecule has 27 heavy (non-hydrogen) atoms. The van der Waals surface area contributed by atoms with Gasteiger partial charge in [0.05, 0.1) is 25.9 Å². The molecule has 2 heterocycles. The average molecular weight is 368 g/mol. The number of methoxy groups -OCH3 is 2. The third-order valence-electron chi connectivity index (χ3n) is 5.17. The Morgan fingerprint density at radius 3 is 2.70 bits per heavy atom. The number of hydrogen-bond acceptors (Lipinski definition) is 5. The lowest BCUT2D eigenvalue weighted by molar-refractivity contribution is 0.0426. The molecule has 2 aliphatic heterocycles. The summed E-state index contributed by atoms with van der Waals surface area (Å²) in [6.45, 7) is 1.32. The van der Waals surface area contributed by atoms with Crippen molar-refractivity contribution in [3.05, 3.63) is 53.6 Å². The number of fused-ring (bicyclic) bond motifs is 1. The Bertz CT molecular complexity index is 833. The largest absolute Gasteiger partial charge is 0.493 e. The van der Waals surface area contributed by atoms with Gasteiger partial charge in [-0.25, -0.2) is 0 Å². The highest BCUT2D eigenvalue weighted by Crippen LogP contribution is 2.37. The molecule has 0 radical (unpaired) electrons. The lowest BCUT2D eigenvalue weighted by Gasteiger charge is -2.39. The molecule has 0 aliphatic carbocycles. The maximum atomic E-state index is 13.2. The van der Waals surface area contributed by atoms with Crippen molar-refractivity contribution in [1.29, 1.82) is 0 Å². The van der Waals surface area contributed by atoms with Crippen LogP contribution in [0.25, 0.3) is 0 Å². The number of benzene rings is 2. The van der Waals surface area contributed by atoms with Crippen molar-refractivity contribution in [2.45, 2.75) is 25.1 Å². The number of anilines is 1. The molecular formula is C21H24N2O4. The average Bonchev–Trinajstić information content (AvgIpc) is 3.22. The molecule has 0 saturated carbocycles. The highest BCUT2D eigenvalue weighted by Gasteiger charge is 2.35. The van der Waals surface area contributed by atoms with E-state index in [0.29, 0.717) is 23.6 Å². The number of nitrogens with one attached hydrogen (secondary N) is 1. The van der Waals surface area contributed by atoms with Crippen molar-refractivity contribution in [3.8, 4) is 11.5 Å². The van der Waals surface area contributed by atoms with Gasteiger partial charge >= 0.3 is 0 Å². The second-order valence-corrected chi connectivity index (χ2v) is 6.80. The summed E-state index contributed by atoms with van der Waals surface area (Å²) < 4.78 is 16.6. The van der Waals surface area contributed by atoms with E-state index in [1.54, 1.807) is 14.2 Å². The first-order valence-electron chi connectivity index (χ1n) is 9.21. The van der Waals surface area contributed by atoms with Crippen LogP contribution in [0.2, 0.25) is 0 Å². The molecule has 1 saturated heterocycles. The second kappa shape index (κ2) is 7.48. The van der Waals surface area contributed by atoms with Crippen LogP contribution in [0, 0.1) is 0 Å². The minimum absolute atomic E-state index is 0.0136. The Morgan fingerprint density at radius 1 is 1.15 bits per heavy atom. The molecule has 2 aliphatic rings. The van der Waals surface area contributed by atoms with Gasteiger partial charge in [0.15, 0.2) is 11.5 Å². The van der Waals surface area contributed by atoms with E-state index in [1.165, 1.54) is 0 Å². The zero-order chi connectivity index (χ0) is 18.8. The zero-order valence-corrected chi connectivity index (χ0v) is 15.6. The van der Waals surface area contributed by atoms with Gasteiger partial charge in [-0.1, -0.05) is 18.2 Å². The molecule has 0 spiro atoms. The van der Waals surface area contributed by atoms with Gasteiger partial charge in [-0.2, -0.15) is 0 Å². The summed E-state index contributed by atoms with van der Waals surface area (Å²) >= 11 is 0. The molecular weight excluding hydrogens is 344 g/mol. The molecule has 0 aromatic heterocycles. The van der Waals surface area contributed by atoms with E-state index < -0.39 is 0 Å². The van der Waals surface area contributed by atoms with E-state index in [4.69, 9.17) is 14.2 Å². The number of ether oxygens (including phenoxy) is 3. The molecule has 1 N–H and O–H groups in total. The summed E-state index contributed by atoms with van der Waals surface area (Å²) in [5.74, 6) is 1.31. The lowest BCUT2D eigenvalue weighted by atomic mass is 10.0. The Hall–Kier alpha value is -2.73. The van der Waals surface area contributed by atoms with Crippen LogP contribution in [0.1, 0.15) is 34.9 Å². The molecule has 142 valence electrons. The third-order valence-corrected chi connectivity index (χ3v) is 5.17. The summed E-state index contributed by atoms with van der Waals surface area (Å²) in [5, 5.41) is 3.51. The SMILES string of the molecule is COc1ccc(C2Nc3ccccc3C(=O)N2CC2CCCO2)cc1OC. The number of rotatable bonds is 5. The summed E-state index contributed by atoms with van der Waals surface area (Å²) in [4.78, 5) is 15.1. The Morgan fingerprint density at radius 2 is 1.96 bits per heavy atom. The second-order valence-electron chi connectivity index (χ2n) is 6.80. The Kier molecular flexibility index (Phi) is 4.90. The monoisotopic (exact) mass is 368 g/mol. The molecule has 1 amide bonds. The number of para-hydroxylation sites is 1. The fourth-order valence-corrected chi connectivity index (χ4v) is 3.77. The van der Waals surface area contributed by atoms with Crippen molar-refractivity contribution in [3.63, 3.8) is 0 Å². The first-order chi connectivity index (χ1) is 13.2. The molecule has 6 nitrogen and oxygen atoms in total. The van der Waals surface area contributed by atoms with Gasteiger partial charge < -0.3 is 24.4 Å². The fourth-order valence-electron chi connectivity index (χ4n) is 3.77. The highest BCUT2D eigenvalue weighted by molar-refractivity contribution is 6.01. The quantitative estimate of drug-likeness (QED) is 0.876. The first-order valence-corrected chi connectivity index (χ1v) is 9.21. The standard InChI is InChI=1S/C21H24N2O4/c1-25-18-10-9-14(12-19(18)26-2)20-22-17-8-4-3-7-16(17)21(24)23(20)13-15-6-5-11-27-15/h3-4,7-10,12,15,20,22H,5-6,11,13H2,1-2H3. The van der Waals surface area contributed by atoms with E-state index in [9.17, 15) is 4.79 Å². The maximum absolute atomic E-state index is 13.2. The summed E-state index contributed by atoms with van der Waals surface area (Å²) in [7, 11) is 3.22. The number of carbonyl (C=O) groups excluding carboxylic acids is 1. The van der Waals surface area contributed by atoms with Gasteiger partial charge in [0.25, 0.3) is 5.91 Å². The summed E-state index contributed by atoms with van der Waals surface area (Å²) in [5.41, 5.74) is 2.46. The van der Waals surface area contributed by atoms with Gasteiger partial charge in [-0.05, 0) is 42.7 Å². The zero-order valence-electron chi connectivity index (χ0n) is 15.6. The third kappa shape index (κ3) is 3.32. The van der Waals surface area contributed by atoms with Crippen molar-refractivity contribution >= 4 is 11.6 Å². The molecule has 6 heteroatoms. The molecule has 2 aromatic carbocycles. The molecule has 0 bridgehead atoms. The Balaban J connectivity index is 1.72. The number of carbonyl (C=O) groups is 1. The van der Waals surface area contributed by atoms with Gasteiger partial charge in [0, 0.05) is 18.8 Å². The smallest absolute Gasteiger partial charge is 0.257 e. The van der Waals surface area contributed by atoms with Crippen molar-refractivity contribution < 1.29 is 19.0 Å². The van der Waals surface area contributed by atoms with Crippen molar-refractivity contribution in [1.82, 2.24) is 4.90 Å². The number of amides is 1. The lowest BCUT2D eigenvalue weighted by Crippen LogP contribution is -2.46. The fraction of sp³-hybridized carbons (Fsp3) is 0.381. The van der Waals surface area contributed by atoms with Crippen LogP contribution in [0.15, 0.2) is 42.5 Å². The van der Waals surface area contributed by atoms with E-state index in [0.717, 1.165) is 30.7 Å². The van der Waals surface area contributed by atoms with Crippen LogP contribution in [-0.2, 0) is 4.74 Å². The number of hydrogen-bond donors (Lipinski definition) is 1. The predicted octanol–water partition coefficient (Wildman–Crippen LogP) is 3.45. The van der Waals surface area contributed by atoms with Crippen LogP contribution in [0.5, 0.6) is 11.5 Å². The minimum Gasteiger partial charge on any atom is -0.493 e. The minimum atomic E-state index is -0.295.